The van der Waals surface area contributed by atoms with Crippen LogP contribution in [-0.2, 0) is 9.53 Å². The molecule has 0 aromatic rings. The first-order valence-electron chi connectivity index (χ1n) is 6.48. The van der Waals surface area contributed by atoms with Crippen molar-refractivity contribution < 1.29 is 19.4 Å². The molecule has 2 aliphatic rings. The second-order valence-electron chi connectivity index (χ2n) is 5.22. The molecule has 1 saturated carbocycles. The maximum Gasteiger partial charge on any atom is 0.315 e. The zero-order valence-corrected chi connectivity index (χ0v) is 10.4. The highest BCUT2D eigenvalue weighted by atomic mass is 16.5. The summed E-state index contributed by atoms with van der Waals surface area (Å²) in [5.74, 6) is -0.860. The first-order valence-corrected chi connectivity index (χ1v) is 6.48. The fraction of sp³-hybridized carbons (Fsp3) is 0.833. The molecule has 1 heterocycles. The molecule has 1 aliphatic heterocycles. The van der Waals surface area contributed by atoms with Crippen LogP contribution in [-0.4, -0.2) is 41.9 Å². The number of urea groups is 1. The molecule has 0 spiro atoms. The molecule has 102 valence electrons. The maximum absolute atomic E-state index is 11.9. The lowest BCUT2D eigenvalue weighted by Crippen LogP contribution is -2.53. The van der Waals surface area contributed by atoms with Gasteiger partial charge in [-0.05, 0) is 19.3 Å². The minimum Gasteiger partial charge on any atom is -0.481 e. The van der Waals surface area contributed by atoms with Crippen molar-refractivity contribution >= 4 is 12.0 Å². The Morgan fingerprint density at radius 3 is 2.61 bits per heavy atom. The standard InChI is InChI=1S/C12H20N2O4/c15-10(16)7-12(4-1-2-5-12)14-11(17)13-9-3-6-18-8-9/h9H,1-8H2,(H,15,16)(H2,13,14,17). The average Bonchev–Trinajstić information content (AvgIpc) is 2.89. The molecule has 2 amide bonds. The summed E-state index contributed by atoms with van der Waals surface area (Å²) in [7, 11) is 0. The van der Waals surface area contributed by atoms with Crippen LogP contribution in [0.3, 0.4) is 0 Å². The number of carbonyl (C=O) groups is 2. The van der Waals surface area contributed by atoms with Crippen molar-refractivity contribution in [2.45, 2.75) is 50.1 Å². The topological polar surface area (TPSA) is 87.7 Å². The van der Waals surface area contributed by atoms with Gasteiger partial charge in [-0.1, -0.05) is 12.8 Å². The Labute approximate surface area is 106 Å². The fourth-order valence-electron chi connectivity index (χ4n) is 2.80. The quantitative estimate of drug-likeness (QED) is 0.696. The van der Waals surface area contributed by atoms with Crippen LogP contribution in [0.25, 0.3) is 0 Å². The predicted molar refractivity (Wildman–Crippen MR) is 64.3 cm³/mol. The van der Waals surface area contributed by atoms with Gasteiger partial charge in [0.25, 0.3) is 0 Å². The fourth-order valence-corrected chi connectivity index (χ4v) is 2.80. The van der Waals surface area contributed by atoms with Gasteiger partial charge in [0.1, 0.15) is 0 Å². The van der Waals surface area contributed by atoms with E-state index in [0.717, 1.165) is 32.1 Å². The van der Waals surface area contributed by atoms with Crippen molar-refractivity contribution in [3.8, 4) is 0 Å². The molecule has 3 N–H and O–H groups in total. The normalized spacial score (nSPS) is 25.9. The Morgan fingerprint density at radius 1 is 1.33 bits per heavy atom. The van der Waals surface area contributed by atoms with Gasteiger partial charge in [-0.25, -0.2) is 4.79 Å². The summed E-state index contributed by atoms with van der Waals surface area (Å²) < 4.78 is 5.18. The van der Waals surface area contributed by atoms with Gasteiger partial charge in [0.05, 0.1) is 24.6 Å². The van der Waals surface area contributed by atoms with Crippen molar-refractivity contribution in [1.82, 2.24) is 10.6 Å². The van der Waals surface area contributed by atoms with Crippen LogP contribution in [0.15, 0.2) is 0 Å². The molecule has 1 saturated heterocycles. The molecule has 0 radical (unpaired) electrons. The second kappa shape index (κ2) is 5.56. The zero-order valence-electron chi connectivity index (χ0n) is 10.4. The summed E-state index contributed by atoms with van der Waals surface area (Å²) in [5, 5.41) is 14.6. The Bertz CT molecular complexity index is 320. The van der Waals surface area contributed by atoms with Gasteiger partial charge in [0, 0.05) is 6.61 Å². The summed E-state index contributed by atoms with van der Waals surface area (Å²) in [6.07, 6.45) is 4.25. The molecule has 2 rings (SSSR count). The number of carboxylic acids is 1. The van der Waals surface area contributed by atoms with E-state index in [1.807, 2.05) is 0 Å². The maximum atomic E-state index is 11.9. The van der Waals surface area contributed by atoms with E-state index in [0.29, 0.717) is 13.2 Å². The van der Waals surface area contributed by atoms with Gasteiger partial charge >= 0.3 is 12.0 Å². The van der Waals surface area contributed by atoms with Crippen molar-refractivity contribution in [2.24, 2.45) is 0 Å². The van der Waals surface area contributed by atoms with Crippen molar-refractivity contribution in [2.75, 3.05) is 13.2 Å². The Morgan fingerprint density at radius 2 is 2.06 bits per heavy atom. The predicted octanol–water partition coefficient (Wildman–Crippen LogP) is 0.862. The summed E-state index contributed by atoms with van der Waals surface area (Å²) in [4.78, 5) is 22.8. The number of aliphatic carboxylic acids is 1. The van der Waals surface area contributed by atoms with Crippen LogP contribution in [0.1, 0.15) is 38.5 Å². The van der Waals surface area contributed by atoms with Crippen LogP contribution < -0.4 is 10.6 Å². The molecule has 1 unspecified atom stereocenters. The number of nitrogens with one attached hydrogen (secondary N) is 2. The molecular formula is C12H20N2O4. The van der Waals surface area contributed by atoms with Gasteiger partial charge in [-0.3, -0.25) is 4.79 Å². The monoisotopic (exact) mass is 256 g/mol. The molecule has 6 heteroatoms. The molecule has 0 bridgehead atoms. The van der Waals surface area contributed by atoms with Gasteiger partial charge in [0.2, 0.25) is 0 Å². The highest BCUT2D eigenvalue weighted by molar-refractivity contribution is 5.77. The van der Waals surface area contributed by atoms with E-state index >= 15 is 0 Å². The van der Waals surface area contributed by atoms with Crippen LogP contribution in [0, 0.1) is 0 Å². The molecule has 1 aliphatic carbocycles. The van der Waals surface area contributed by atoms with E-state index < -0.39 is 11.5 Å². The average molecular weight is 256 g/mol. The van der Waals surface area contributed by atoms with Crippen molar-refractivity contribution in [3.63, 3.8) is 0 Å². The lowest BCUT2D eigenvalue weighted by Gasteiger charge is -2.29. The van der Waals surface area contributed by atoms with E-state index in [1.54, 1.807) is 0 Å². The number of rotatable bonds is 4. The van der Waals surface area contributed by atoms with Gasteiger partial charge in [-0.15, -0.1) is 0 Å². The highest BCUT2D eigenvalue weighted by Gasteiger charge is 2.37. The SMILES string of the molecule is O=C(O)CC1(NC(=O)NC2CCOC2)CCCC1. The van der Waals surface area contributed by atoms with Crippen molar-refractivity contribution in [3.05, 3.63) is 0 Å². The first kappa shape index (κ1) is 13.1. The smallest absolute Gasteiger partial charge is 0.315 e. The number of hydrogen-bond acceptors (Lipinski definition) is 3. The van der Waals surface area contributed by atoms with Gasteiger partial charge in [0.15, 0.2) is 0 Å². The van der Waals surface area contributed by atoms with E-state index in [2.05, 4.69) is 10.6 Å². The molecular weight excluding hydrogens is 236 g/mol. The molecule has 0 aromatic heterocycles. The second-order valence-corrected chi connectivity index (χ2v) is 5.22. The molecule has 18 heavy (non-hydrogen) atoms. The summed E-state index contributed by atoms with van der Waals surface area (Å²) in [5.41, 5.74) is -0.560. The zero-order chi connectivity index (χ0) is 13.0. The lowest BCUT2D eigenvalue weighted by atomic mass is 9.93. The molecule has 1 atom stereocenters. The third kappa shape index (κ3) is 3.35. The number of carbonyl (C=O) groups excluding carboxylic acids is 1. The Balaban J connectivity index is 1.87. The van der Waals surface area contributed by atoms with E-state index in [-0.39, 0.29) is 18.5 Å². The minimum atomic E-state index is -0.860. The Kier molecular flexibility index (Phi) is 4.06. The van der Waals surface area contributed by atoms with Crippen LogP contribution in [0.5, 0.6) is 0 Å². The summed E-state index contributed by atoms with van der Waals surface area (Å²) in [6, 6.07) is -0.220. The Hall–Kier alpha value is -1.30. The largest absolute Gasteiger partial charge is 0.481 e. The third-order valence-corrected chi connectivity index (χ3v) is 3.69. The number of amides is 2. The van der Waals surface area contributed by atoms with E-state index in [1.165, 1.54) is 0 Å². The van der Waals surface area contributed by atoms with Gasteiger partial charge in [-0.2, -0.15) is 0 Å². The summed E-state index contributed by atoms with van der Waals surface area (Å²) >= 11 is 0. The minimum absolute atomic E-state index is 0.00157. The third-order valence-electron chi connectivity index (χ3n) is 3.69. The first-order chi connectivity index (χ1) is 8.60. The summed E-state index contributed by atoms with van der Waals surface area (Å²) in [6.45, 7) is 1.21. The molecule has 2 fully saturated rings. The lowest BCUT2D eigenvalue weighted by molar-refractivity contribution is -0.138. The highest BCUT2D eigenvalue weighted by Crippen LogP contribution is 2.32. The van der Waals surface area contributed by atoms with E-state index in [4.69, 9.17) is 9.84 Å². The number of carboxylic acid groups (broad SMARTS) is 1. The van der Waals surface area contributed by atoms with Crippen LogP contribution >= 0.6 is 0 Å². The number of ether oxygens (including phenoxy) is 1. The van der Waals surface area contributed by atoms with Gasteiger partial charge < -0.3 is 20.5 Å². The number of hydrogen-bond donors (Lipinski definition) is 3. The molecule has 6 nitrogen and oxygen atoms in total. The van der Waals surface area contributed by atoms with E-state index in [9.17, 15) is 9.59 Å². The van der Waals surface area contributed by atoms with Crippen molar-refractivity contribution in [1.29, 1.82) is 0 Å². The van der Waals surface area contributed by atoms with Crippen LogP contribution in [0.4, 0.5) is 4.79 Å². The molecule has 0 aromatic carbocycles. The van der Waals surface area contributed by atoms with Crippen LogP contribution in [0.2, 0.25) is 0 Å².